The number of aromatic nitrogens is 2. The Morgan fingerprint density at radius 1 is 1.06 bits per heavy atom. The van der Waals surface area contributed by atoms with Crippen molar-refractivity contribution in [2.45, 2.75) is 26.2 Å². The van der Waals surface area contributed by atoms with Gasteiger partial charge < -0.3 is 4.57 Å². The Labute approximate surface area is 97.0 Å². The Morgan fingerprint density at radius 2 is 1.69 bits per heavy atom. The largest absolute Gasteiger partial charge is 0.331 e. The van der Waals surface area contributed by atoms with Crippen molar-refractivity contribution in [3.8, 4) is 11.4 Å². The topological polar surface area (TPSA) is 17.8 Å². The monoisotopic (exact) mass is 214 g/mol. The van der Waals surface area contributed by atoms with E-state index in [9.17, 15) is 0 Å². The molecule has 2 rings (SSSR count). The molecule has 1 heterocycles. The molecule has 0 aliphatic carbocycles. The van der Waals surface area contributed by atoms with Crippen LogP contribution in [0, 0.1) is 0 Å². The minimum Gasteiger partial charge on any atom is -0.331 e. The molecule has 0 saturated heterocycles. The number of rotatable bonds is 1. The van der Waals surface area contributed by atoms with E-state index in [1.165, 1.54) is 11.3 Å². The SMILES string of the molecule is Cn1c(C(C)(C)C)cnc1-c1ccccc1. The molecule has 2 nitrogen and oxygen atoms in total. The molecule has 0 fully saturated rings. The predicted molar refractivity (Wildman–Crippen MR) is 67.3 cm³/mol. The third-order valence-corrected chi connectivity index (χ3v) is 2.79. The van der Waals surface area contributed by atoms with Crippen molar-refractivity contribution in [3.05, 3.63) is 42.2 Å². The third-order valence-electron chi connectivity index (χ3n) is 2.79. The second-order valence-electron chi connectivity index (χ2n) is 5.14. The first-order valence-corrected chi connectivity index (χ1v) is 5.58. The van der Waals surface area contributed by atoms with Crippen LogP contribution in [0.3, 0.4) is 0 Å². The Kier molecular flexibility index (Phi) is 2.58. The molecular formula is C14H18N2. The van der Waals surface area contributed by atoms with E-state index in [1.807, 2.05) is 24.4 Å². The summed E-state index contributed by atoms with van der Waals surface area (Å²) in [7, 11) is 2.08. The van der Waals surface area contributed by atoms with Gasteiger partial charge in [-0.3, -0.25) is 0 Å². The normalized spacial score (nSPS) is 11.8. The molecule has 0 radical (unpaired) electrons. The summed E-state index contributed by atoms with van der Waals surface area (Å²) < 4.78 is 2.18. The Morgan fingerprint density at radius 3 is 2.19 bits per heavy atom. The Hall–Kier alpha value is -1.57. The standard InChI is InChI=1S/C14H18N2/c1-14(2,3)12-10-15-13(16(12)4)11-8-6-5-7-9-11/h5-10H,1-4H3. The van der Waals surface area contributed by atoms with Crippen LogP contribution in [0.1, 0.15) is 26.5 Å². The Balaban J connectivity index is 2.50. The lowest BCUT2D eigenvalue weighted by Gasteiger charge is -2.19. The zero-order valence-electron chi connectivity index (χ0n) is 10.4. The van der Waals surface area contributed by atoms with Gasteiger partial charge in [-0.1, -0.05) is 51.1 Å². The van der Waals surface area contributed by atoms with Crippen LogP contribution in [-0.4, -0.2) is 9.55 Å². The molecule has 2 aromatic rings. The summed E-state index contributed by atoms with van der Waals surface area (Å²) in [5, 5.41) is 0. The second-order valence-corrected chi connectivity index (χ2v) is 5.14. The highest BCUT2D eigenvalue weighted by molar-refractivity contribution is 5.56. The van der Waals surface area contributed by atoms with E-state index in [-0.39, 0.29) is 5.41 Å². The molecule has 84 valence electrons. The van der Waals surface area contributed by atoms with Gasteiger partial charge in [-0.15, -0.1) is 0 Å². The molecule has 0 amide bonds. The molecule has 16 heavy (non-hydrogen) atoms. The van der Waals surface area contributed by atoms with E-state index >= 15 is 0 Å². The minimum atomic E-state index is 0.134. The molecule has 0 N–H and O–H groups in total. The molecule has 0 bridgehead atoms. The van der Waals surface area contributed by atoms with Gasteiger partial charge in [0.2, 0.25) is 0 Å². The molecule has 0 spiro atoms. The number of hydrogen-bond acceptors (Lipinski definition) is 1. The second kappa shape index (κ2) is 3.78. The Bertz CT molecular complexity index is 475. The first kappa shape index (κ1) is 10.9. The van der Waals surface area contributed by atoms with Gasteiger partial charge in [0.25, 0.3) is 0 Å². The van der Waals surface area contributed by atoms with Gasteiger partial charge in [0, 0.05) is 29.9 Å². The highest BCUT2D eigenvalue weighted by atomic mass is 15.1. The van der Waals surface area contributed by atoms with E-state index in [2.05, 4.69) is 49.5 Å². The zero-order valence-corrected chi connectivity index (χ0v) is 10.4. The van der Waals surface area contributed by atoms with Crippen molar-refractivity contribution in [3.63, 3.8) is 0 Å². The van der Waals surface area contributed by atoms with Crippen LogP contribution in [0.15, 0.2) is 36.5 Å². The fourth-order valence-electron chi connectivity index (χ4n) is 1.96. The summed E-state index contributed by atoms with van der Waals surface area (Å²) in [6.07, 6.45) is 1.97. The van der Waals surface area contributed by atoms with Crippen molar-refractivity contribution in [2.75, 3.05) is 0 Å². The summed E-state index contributed by atoms with van der Waals surface area (Å²) in [4.78, 5) is 4.52. The summed E-state index contributed by atoms with van der Waals surface area (Å²) in [6, 6.07) is 10.3. The summed E-state index contributed by atoms with van der Waals surface area (Å²) in [5.74, 6) is 1.03. The highest BCUT2D eigenvalue weighted by Gasteiger charge is 2.19. The van der Waals surface area contributed by atoms with Crippen molar-refractivity contribution in [2.24, 2.45) is 7.05 Å². The molecule has 0 saturated carbocycles. The van der Waals surface area contributed by atoms with Gasteiger partial charge in [-0.2, -0.15) is 0 Å². The van der Waals surface area contributed by atoms with Crippen molar-refractivity contribution >= 4 is 0 Å². The lowest BCUT2D eigenvalue weighted by molar-refractivity contribution is 0.544. The summed E-state index contributed by atoms with van der Waals surface area (Å²) in [5.41, 5.74) is 2.56. The third kappa shape index (κ3) is 1.87. The highest BCUT2D eigenvalue weighted by Crippen LogP contribution is 2.26. The van der Waals surface area contributed by atoms with Crippen LogP contribution in [0.4, 0.5) is 0 Å². The lowest BCUT2D eigenvalue weighted by atomic mass is 9.93. The average Bonchev–Trinajstić information content (AvgIpc) is 2.61. The van der Waals surface area contributed by atoms with E-state index in [0.717, 1.165) is 5.82 Å². The average molecular weight is 214 g/mol. The van der Waals surface area contributed by atoms with Crippen LogP contribution in [-0.2, 0) is 12.5 Å². The first-order chi connectivity index (χ1) is 7.50. The van der Waals surface area contributed by atoms with Gasteiger partial charge in [-0.05, 0) is 0 Å². The number of imidazole rings is 1. The summed E-state index contributed by atoms with van der Waals surface area (Å²) >= 11 is 0. The molecule has 1 aromatic heterocycles. The quantitative estimate of drug-likeness (QED) is 0.711. The van der Waals surface area contributed by atoms with Crippen molar-refractivity contribution < 1.29 is 0 Å². The fraction of sp³-hybridized carbons (Fsp3) is 0.357. The van der Waals surface area contributed by atoms with Gasteiger partial charge in [0.1, 0.15) is 5.82 Å². The first-order valence-electron chi connectivity index (χ1n) is 5.58. The maximum Gasteiger partial charge on any atom is 0.139 e. The lowest BCUT2D eigenvalue weighted by Crippen LogP contribution is -2.16. The minimum absolute atomic E-state index is 0.134. The van der Waals surface area contributed by atoms with E-state index in [1.54, 1.807) is 0 Å². The fourth-order valence-corrected chi connectivity index (χ4v) is 1.96. The number of benzene rings is 1. The number of nitrogens with zero attached hydrogens (tertiary/aromatic N) is 2. The van der Waals surface area contributed by atoms with E-state index in [0.29, 0.717) is 0 Å². The molecular weight excluding hydrogens is 196 g/mol. The molecule has 0 atom stereocenters. The van der Waals surface area contributed by atoms with Gasteiger partial charge in [0.05, 0.1) is 0 Å². The number of hydrogen-bond donors (Lipinski definition) is 0. The maximum absolute atomic E-state index is 4.52. The molecule has 2 heteroatoms. The van der Waals surface area contributed by atoms with E-state index < -0.39 is 0 Å². The summed E-state index contributed by atoms with van der Waals surface area (Å²) in [6.45, 7) is 6.62. The van der Waals surface area contributed by atoms with Gasteiger partial charge in [-0.25, -0.2) is 4.98 Å². The van der Waals surface area contributed by atoms with Crippen LogP contribution in [0.25, 0.3) is 11.4 Å². The van der Waals surface area contributed by atoms with Crippen molar-refractivity contribution in [1.29, 1.82) is 0 Å². The smallest absolute Gasteiger partial charge is 0.139 e. The van der Waals surface area contributed by atoms with Gasteiger partial charge in [0.15, 0.2) is 0 Å². The van der Waals surface area contributed by atoms with Crippen LogP contribution >= 0.6 is 0 Å². The molecule has 0 aliphatic heterocycles. The van der Waals surface area contributed by atoms with Crippen LogP contribution in [0.5, 0.6) is 0 Å². The molecule has 1 aromatic carbocycles. The molecule has 0 aliphatic rings. The van der Waals surface area contributed by atoms with Crippen molar-refractivity contribution in [1.82, 2.24) is 9.55 Å². The van der Waals surface area contributed by atoms with Crippen LogP contribution in [0.2, 0.25) is 0 Å². The van der Waals surface area contributed by atoms with Gasteiger partial charge >= 0.3 is 0 Å². The predicted octanol–water partition coefficient (Wildman–Crippen LogP) is 3.38. The zero-order chi connectivity index (χ0) is 11.8. The van der Waals surface area contributed by atoms with E-state index in [4.69, 9.17) is 0 Å². The van der Waals surface area contributed by atoms with Crippen LogP contribution < -0.4 is 0 Å². The molecule has 0 unspecified atom stereocenters. The maximum atomic E-state index is 4.52.